The van der Waals surface area contributed by atoms with Gasteiger partial charge in [-0.25, -0.2) is 4.98 Å². The highest BCUT2D eigenvalue weighted by atomic mass is 32.2. The van der Waals surface area contributed by atoms with E-state index in [9.17, 15) is 5.11 Å². The Hall–Kier alpha value is -2.51. The number of anilines is 3. The summed E-state index contributed by atoms with van der Waals surface area (Å²) in [5.74, 6) is 2.37. The Kier molecular flexibility index (Phi) is 5.31. The van der Waals surface area contributed by atoms with Crippen molar-refractivity contribution >= 4 is 29.2 Å². The number of benzene rings is 1. The molecule has 2 aromatic heterocycles. The lowest BCUT2D eigenvalue weighted by Gasteiger charge is -2.31. The number of pyridine rings is 1. The van der Waals surface area contributed by atoms with Crippen molar-refractivity contribution in [3.63, 3.8) is 0 Å². The minimum atomic E-state index is -0.295. The second-order valence-electron chi connectivity index (χ2n) is 6.76. The van der Waals surface area contributed by atoms with Gasteiger partial charge in [0.2, 0.25) is 0 Å². The molecule has 1 aliphatic rings. The lowest BCUT2D eigenvalue weighted by atomic mass is 10.1. The summed E-state index contributed by atoms with van der Waals surface area (Å²) in [5.41, 5.74) is 0.992. The van der Waals surface area contributed by atoms with Crippen LogP contribution in [-0.2, 0) is 0 Å². The number of aryl methyl sites for hydroxylation is 1. The Morgan fingerprint density at radius 3 is 2.74 bits per heavy atom. The molecule has 0 amide bonds. The minimum Gasteiger partial charge on any atom is -0.391 e. The van der Waals surface area contributed by atoms with E-state index < -0.39 is 0 Å². The van der Waals surface area contributed by atoms with Gasteiger partial charge in [0.15, 0.2) is 5.82 Å². The maximum Gasteiger partial charge on any atom is 0.153 e. The summed E-state index contributed by atoms with van der Waals surface area (Å²) in [4.78, 5) is 9.21. The first-order chi connectivity index (χ1) is 13.2. The Morgan fingerprint density at radius 2 is 2.00 bits per heavy atom. The third kappa shape index (κ3) is 4.61. The lowest BCUT2D eigenvalue weighted by molar-refractivity contribution is 0.154. The van der Waals surface area contributed by atoms with Crippen LogP contribution in [0.25, 0.3) is 0 Å². The molecule has 0 aliphatic carbocycles. The predicted molar refractivity (Wildman–Crippen MR) is 109 cm³/mol. The molecule has 1 fully saturated rings. The van der Waals surface area contributed by atoms with Crippen molar-refractivity contribution in [2.24, 2.45) is 0 Å². The monoisotopic (exact) mass is 381 g/mol. The first-order valence-corrected chi connectivity index (χ1v) is 9.94. The minimum absolute atomic E-state index is 0.295. The molecule has 3 N–H and O–H groups in total. The van der Waals surface area contributed by atoms with Gasteiger partial charge in [0.1, 0.15) is 11.6 Å². The first kappa shape index (κ1) is 17.9. The normalized spacial score (nSPS) is 17.1. The zero-order valence-electron chi connectivity index (χ0n) is 15.2. The second-order valence-corrected chi connectivity index (χ2v) is 7.91. The van der Waals surface area contributed by atoms with Gasteiger partial charge in [-0.1, -0.05) is 30.0 Å². The second kappa shape index (κ2) is 8.02. The van der Waals surface area contributed by atoms with Crippen LogP contribution in [0.5, 0.6) is 0 Å². The SMILES string of the molecule is Cc1cc(Nc2cc(Sc3ccccc3)cc(N3CCCC(O)C3)n2)n[nH]1. The van der Waals surface area contributed by atoms with E-state index in [1.807, 2.05) is 37.3 Å². The number of H-pyrrole nitrogens is 1. The molecule has 6 nitrogen and oxygen atoms in total. The van der Waals surface area contributed by atoms with Crippen LogP contribution < -0.4 is 10.2 Å². The molecule has 0 radical (unpaired) electrons. The number of nitrogens with zero attached hydrogens (tertiary/aromatic N) is 3. The van der Waals surface area contributed by atoms with E-state index in [0.29, 0.717) is 6.54 Å². The van der Waals surface area contributed by atoms with E-state index in [4.69, 9.17) is 4.98 Å². The molecule has 3 heterocycles. The fourth-order valence-electron chi connectivity index (χ4n) is 3.18. The van der Waals surface area contributed by atoms with Crippen LogP contribution in [0.15, 0.2) is 58.3 Å². The molecule has 0 spiro atoms. The number of piperidine rings is 1. The van der Waals surface area contributed by atoms with Crippen molar-refractivity contribution in [3.8, 4) is 0 Å². The molecule has 1 aromatic carbocycles. The zero-order valence-corrected chi connectivity index (χ0v) is 16.0. The van der Waals surface area contributed by atoms with Crippen molar-refractivity contribution in [3.05, 3.63) is 54.2 Å². The highest BCUT2D eigenvalue weighted by Gasteiger charge is 2.20. The van der Waals surface area contributed by atoms with E-state index in [2.05, 4.69) is 38.6 Å². The van der Waals surface area contributed by atoms with Crippen molar-refractivity contribution in [1.82, 2.24) is 15.2 Å². The molecule has 0 bridgehead atoms. The van der Waals surface area contributed by atoms with E-state index in [1.54, 1.807) is 11.8 Å². The number of aromatic nitrogens is 3. The molecule has 1 saturated heterocycles. The summed E-state index contributed by atoms with van der Waals surface area (Å²) in [6.45, 7) is 3.49. The largest absolute Gasteiger partial charge is 0.391 e. The summed E-state index contributed by atoms with van der Waals surface area (Å²) in [7, 11) is 0. The third-order valence-electron chi connectivity index (χ3n) is 4.45. The Labute approximate surface area is 163 Å². The summed E-state index contributed by atoms with van der Waals surface area (Å²) < 4.78 is 0. The highest BCUT2D eigenvalue weighted by molar-refractivity contribution is 7.99. The fraction of sp³-hybridized carbons (Fsp3) is 0.300. The molecule has 7 heteroatoms. The van der Waals surface area contributed by atoms with E-state index in [1.165, 1.54) is 4.90 Å². The number of nitrogens with one attached hydrogen (secondary N) is 2. The maximum atomic E-state index is 10.0. The van der Waals surface area contributed by atoms with Gasteiger partial charge in [-0.05, 0) is 44.0 Å². The van der Waals surface area contributed by atoms with Crippen molar-refractivity contribution in [2.45, 2.75) is 35.7 Å². The van der Waals surface area contributed by atoms with Crippen molar-refractivity contribution < 1.29 is 5.11 Å². The van der Waals surface area contributed by atoms with E-state index in [-0.39, 0.29) is 6.10 Å². The Morgan fingerprint density at radius 1 is 1.15 bits per heavy atom. The number of rotatable bonds is 5. The van der Waals surface area contributed by atoms with Crippen LogP contribution in [0.4, 0.5) is 17.5 Å². The van der Waals surface area contributed by atoms with Gasteiger partial charge in [-0.3, -0.25) is 5.10 Å². The van der Waals surface area contributed by atoms with Gasteiger partial charge >= 0.3 is 0 Å². The molecular formula is C20H23N5OS. The average molecular weight is 382 g/mol. The fourth-order valence-corrected chi connectivity index (χ4v) is 4.08. The predicted octanol–water partition coefficient (Wildman–Crippen LogP) is 3.97. The van der Waals surface area contributed by atoms with E-state index in [0.717, 1.165) is 47.4 Å². The van der Waals surface area contributed by atoms with Gasteiger partial charge in [0.05, 0.1) is 6.10 Å². The number of hydrogen-bond donors (Lipinski definition) is 3. The Balaban J connectivity index is 1.64. The number of aliphatic hydroxyl groups is 1. The molecule has 1 aliphatic heterocycles. The standard InChI is InChI=1S/C20H23N5OS/c1-14-10-19(24-23-14)21-18-11-17(27-16-7-3-2-4-8-16)12-20(22-18)25-9-5-6-15(26)13-25/h2-4,7-8,10-12,15,26H,5-6,9,13H2,1H3,(H2,21,22,23,24). The lowest BCUT2D eigenvalue weighted by Crippen LogP contribution is -2.38. The van der Waals surface area contributed by atoms with Crippen LogP contribution in [0.1, 0.15) is 18.5 Å². The smallest absolute Gasteiger partial charge is 0.153 e. The molecule has 1 unspecified atom stereocenters. The van der Waals surface area contributed by atoms with Gasteiger partial charge in [0.25, 0.3) is 0 Å². The number of aliphatic hydroxyl groups excluding tert-OH is 1. The van der Waals surface area contributed by atoms with Crippen LogP contribution in [0, 0.1) is 6.92 Å². The molecule has 0 saturated carbocycles. The van der Waals surface area contributed by atoms with Crippen LogP contribution in [0.2, 0.25) is 0 Å². The Bertz CT molecular complexity index is 898. The number of aromatic amines is 1. The molecule has 3 aromatic rings. The topological polar surface area (TPSA) is 77.1 Å². The maximum absolute atomic E-state index is 10.0. The van der Waals surface area contributed by atoms with Crippen molar-refractivity contribution in [1.29, 1.82) is 0 Å². The number of β-amino-alcohol motifs (C(OH)–C–C–N with tert-alkyl or cyclic N) is 1. The summed E-state index contributed by atoms with van der Waals surface area (Å²) in [6, 6.07) is 16.4. The molecule has 4 rings (SSSR count). The first-order valence-electron chi connectivity index (χ1n) is 9.13. The molecule has 1 atom stereocenters. The summed E-state index contributed by atoms with van der Waals surface area (Å²) in [6.07, 6.45) is 1.53. The van der Waals surface area contributed by atoms with Crippen molar-refractivity contribution in [2.75, 3.05) is 23.3 Å². The average Bonchev–Trinajstić information content (AvgIpc) is 3.07. The van der Waals surface area contributed by atoms with E-state index >= 15 is 0 Å². The van der Waals surface area contributed by atoms with Crippen LogP contribution in [-0.4, -0.2) is 39.5 Å². The quantitative estimate of drug-likeness (QED) is 0.621. The summed E-state index contributed by atoms with van der Waals surface area (Å²) >= 11 is 1.70. The van der Waals surface area contributed by atoms with Gasteiger partial charge in [0, 0.05) is 34.6 Å². The highest BCUT2D eigenvalue weighted by Crippen LogP contribution is 2.33. The zero-order chi connectivity index (χ0) is 18.6. The third-order valence-corrected chi connectivity index (χ3v) is 5.43. The molecule has 140 valence electrons. The molecule has 27 heavy (non-hydrogen) atoms. The van der Waals surface area contributed by atoms with Crippen LogP contribution >= 0.6 is 11.8 Å². The molecular weight excluding hydrogens is 358 g/mol. The van der Waals surface area contributed by atoms with Gasteiger partial charge in [-0.2, -0.15) is 5.10 Å². The van der Waals surface area contributed by atoms with Crippen LogP contribution in [0.3, 0.4) is 0 Å². The summed E-state index contributed by atoms with van der Waals surface area (Å²) in [5, 5.41) is 20.5. The van der Waals surface area contributed by atoms with Gasteiger partial charge in [-0.15, -0.1) is 0 Å². The number of hydrogen-bond acceptors (Lipinski definition) is 6. The van der Waals surface area contributed by atoms with Gasteiger partial charge < -0.3 is 15.3 Å².